The fourth-order valence-corrected chi connectivity index (χ4v) is 1.28. The summed E-state index contributed by atoms with van der Waals surface area (Å²) in [4.78, 5) is 4.24. The average molecular weight is 222 g/mol. The molecule has 0 heterocycles. The standard InChI is InChI=1S/C12H18N2O2/c1-4-12(13)14-8-9-5-6-10(15-2)11(7-9)16-3/h5-7H,4,8H2,1-3H3,(H2,13,14). The van der Waals surface area contributed by atoms with Gasteiger partial charge in [0.15, 0.2) is 11.5 Å². The van der Waals surface area contributed by atoms with E-state index in [1.807, 2.05) is 25.1 Å². The van der Waals surface area contributed by atoms with Crippen molar-refractivity contribution in [3.63, 3.8) is 0 Å². The lowest BCUT2D eigenvalue weighted by molar-refractivity contribution is 0.354. The van der Waals surface area contributed by atoms with Crippen LogP contribution in [0, 0.1) is 0 Å². The number of nitrogens with zero attached hydrogens (tertiary/aromatic N) is 1. The highest BCUT2D eigenvalue weighted by Crippen LogP contribution is 2.27. The summed E-state index contributed by atoms with van der Waals surface area (Å²) in [5, 5.41) is 0. The van der Waals surface area contributed by atoms with Gasteiger partial charge in [-0.3, -0.25) is 4.99 Å². The third-order valence-electron chi connectivity index (χ3n) is 2.27. The Morgan fingerprint density at radius 3 is 2.50 bits per heavy atom. The van der Waals surface area contributed by atoms with Crippen molar-refractivity contribution >= 4 is 5.84 Å². The summed E-state index contributed by atoms with van der Waals surface area (Å²) < 4.78 is 10.4. The molecule has 0 unspecified atom stereocenters. The first-order chi connectivity index (χ1) is 7.71. The fraction of sp³-hybridized carbons (Fsp3) is 0.417. The minimum atomic E-state index is 0.569. The van der Waals surface area contributed by atoms with E-state index in [0.717, 1.165) is 17.7 Å². The molecule has 1 aromatic carbocycles. The summed E-state index contributed by atoms with van der Waals surface area (Å²) in [7, 11) is 3.23. The zero-order valence-corrected chi connectivity index (χ0v) is 9.99. The lowest BCUT2D eigenvalue weighted by Gasteiger charge is -2.08. The third-order valence-corrected chi connectivity index (χ3v) is 2.27. The number of ether oxygens (including phenoxy) is 2. The molecule has 88 valence electrons. The molecule has 0 aliphatic rings. The van der Waals surface area contributed by atoms with Gasteiger partial charge >= 0.3 is 0 Å². The van der Waals surface area contributed by atoms with Crippen LogP contribution < -0.4 is 15.2 Å². The second kappa shape index (κ2) is 6.00. The number of aliphatic imine (C=N–C) groups is 1. The Morgan fingerprint density at radius 1 is 1.25 bits per heavy atom. The Bertz CT molecular complexity index is 375. The molecular weight excluding hydrogens is 204 g/mol. The van der Waals surface area contributed by atoms with E-state index in [1.165, 1.54) is 0 Å². The molecule has 0 spiro atoms. The van der Waals surface area contributed by atoms with Crippen LogP contribution in [0.1, 0.15) is 18.9 Å². The van der Waals surface area contributed by atoms with Gasteiger partial charge in [0.2, 0.25) is 0 Å². The van der Waals surface area contributed by atoms with Crippen molar-refractivity contribution in [3.8, 4) is 11.5 Å². The van der Waals surface area contributed by atoms with E-state index in [1.54, 1.807) is 14.2 Å². The Morgan fingerprint density at radius 2 is 1.94 bits per heavy atom. The molecule has 0 aliphatic carbocycles. The van der Waals surface area contributed by atoms with Crippen molar-refractivity contribution in [2.75, 3.05) is 14.2 Å². The second-order valence-corrected chi connectivity index (χ2v) is 3.35. The highest BCUT2D eigenvalue weighted by molar-refractivity contribution is 5.79. The number of hydrogen-bond donors (Lipinski definition) is 1. The molecule has 0 aliphatic heterocycles. The predicted octanol–water partition coefficient (Wildman–Crippen LogP) is 1.97. The van der Waals surface area contributed by atoms with E-state index in [0.29, 0.717) is 18.1 Å². The minimum Gasteiger partial charge on any atom is -0.493 e. The summed E-state index contributed by atoms with van der Waals surface area (Å²) in [6.45, 7) is 2.55. The van der Waals surface area contributed by atoms with E-state index < -0.39 is 0 Å². The molecule has 4 nitrogen and oxygen atoms in total. The fourth-order valence-electron chi connectivity index (χ4n) is 1.28. The van der Waals surface area contributed by atoms with Crippen LogP contribution in [0.2, 0.25) is 0 Å². The average Bonchev–Trinajstić information content (AvgIpc) is 2.35. The van der Waals surface area contributed by atoms with Crippen LogP contribution in [0.3, 0.4) is 0 Å². The highest BCUT2D eigenvalue weighted by Gasteiger charge is 2.03. The summed E-state index contributed by atoms with van der Waals surface area (Å²) in [5.41, 5.74) is 6.69. The van der Waals surface area contributed by atoms with Crippen LogP contribution in [0.15, 0.2) is 23.2 Å². The molecule has 0 aromatic heterocycles. The van der Waals surface area contributed by atoms with Crippen molar-refractivity contribution in [2.24, 2.45) is 10.7 Å². The lowest BCUT2D eigenvalue weighted by atomic mass is 10.2. The van der Waals surface area contributed by atoms with Gasteiger partial charge in [-0.1, -0.05) is 13.0 Å². The number of rotatable bonds is 5. The van der Waals surface area contributed by atoms with Gasteiger partial charge in [-0.25, -0.2) is 0 Å². The predicted molar refractivity (Wildman–Crippen MR) is 65.2 cm³/mol. The van der Waals surface area contributed by atoms with Gasteiger partial charge in [0, 0.05) is 6.42 Å². The van der Waals surface area contributed by atoms with Crippen molar-refractivity contribution in [1.29, 1.82) is 0 Å². The van der Waals surface area contributed by atoms with Crippen molar-refractivity contribution in [3.05, 3.63) is 23.8 Å². The number of benzene rings is 1. The van der Waals surface area contributed by atoms with Crippen molar-refractivity contribution in [1.82, 2.24) is 0 Å². The summed E-state index contributed by atoms with van der Waals surface area (Å²) in [6, 6.07) is 5.73. The third kappa shape index (κ3) is 3.15. The normalized spacial score (nSPS) is 11.3. The Labute approximate surface area is 96.1 Å². The monoisotopic (exact) mass is 222 g/mol. The van der Waals surface area contributed by atoms with Crippen molar-refractivity contribution < 1.29 is 9.47 Å². The van der Waals surface area contributed by atoms with E-state index in [4.69, 9.17) is 15.2 Å². The first kappa shape index (κ1) is 12.4. The molecular formula is C12H18N2O2. The van der Waals surface area contributed by atoms with Gasteiger partial charge in [-0.2, -0.15) is 0 Å². The zero-order chi connectivity index (χ0) is 12.0. The molecule has 0 saturated heterocycles. The van der Waals surface area contributed by atoms with Gasteiger partial charge in [-0.05, 0) is 17.7 Å². The van der Waals surface area contributed by atoms with Crippen LogP contribution in [0.5, 0.6) is 11.5 Å². The first-order valence-corrected chi connectivity index (χ1v) is 5.21. The molecule has 4 heteroatoms. The maximum atomic E-state index is 5.64. The number of amidine groups is 1. The molecule has 2 N–H and O–H groups in total. The number of methoxy groups -OCH3 is 2. The van der Waals surface area contributed by atoms with Crippen molar-refractivity contribution in [2.45, 2.75) is 19.9 Å². The molecule has 0 radical (unpaired) electrons. The van der Waals surface area contributed by atoms with Crippen LogP contribution >= 0.6 is 0 Å². The number of hydrogen-bond acceptors (Lipinski definition) is 3. The summed E-state index contributed by atoms with van der Waals surface area (Å²) in [5.74, 6) is 2.10. The molecule has 1 aromatic rings. The quantitative estimate of drug-likeness (QED) is 0.612. The molecule has 0 saturated carbocycles. The summed E-state index contributed by atoms with van der Waals surface area (Å²) >= 11 is 0. The topological polar surface area (TPSA) is 56.8 Å². The largest absolute Gasteiger partial charge is 0.493 e. The Balaban J connectivity index is 2.83. The van der Waals surface area contributed by atoms with E-state index in [-0.39, 0.29) is 0 Å². The molecule has 16 heavy (non-hydrogen) atoms. The Kier molecular flexibility index (Phi) is 4.64. The van der Waals surface area contributed by atoms with Crippen LogP contribution in [0.25, 0.3) is 0 Å². The molecule has 0 atom stereocenters. The SMILES string of the molecule is CCC(N)=NCc1ccc(OC)c(OC)c1. The minimum absolute atomic E-state index is 0.569. The highest BCUT2D eigenvalue weighted by atomic mass is 16.5. The zero-order valence-electron chi connectivity index (χ0n) is 9.99. The van der Waals surface area contributed by atoms with Gasteiger partial charge < -0.3 is 15.2 Å². The molecule has 0 bridgehead atoms. The Hall–Kier alpha value is -1.71. The lowest BCUT2D eigenvalue weighted by Crippen LogP contribution is -2.09. The van der Waals surface area contributed by atoms with Crippen LogP contribution in [0.4, 0.5) is 0 Å². The van der Waals surface area contributed by atoms with E-state index in [2.05, 4.69) is 4.99 Å². The van der Waals surface area contributed by atoms with E-state index in [9.17, 15) is 0 Å². The van der Waals surface area contributed by atoms with Crippen LogP contribution in [-0.4, -0.2) is 20.1 Å². The van der Waals surface area contributed by atoms with E-state index >= 15 is 0 Å². The summed E-state index contributed by atoms with van der Waals surface area (Å²) in [6.07, 6.45) is 0.771. The molecule has 1 rings (SSSR count). The maximum Gasteiger partial charge on any atom is 0.161 e. The van der Waals surface area contributed by atoms with Gasteiger partial charge in [0.05, 0.1) is 26.6 Å². The van der Waals surface area contributed by atoms with Gasteiger partial charge in [0.1, 0.15) is 0 Å². The first-order valence-electron chi connectivity index (χ1n) is 5.21. The smallest absolute Gasteiger partial charge is 0.161 e. The second-order valence-electron chi connectivity index (χ2n) is 3.35. The number of nitrogens with two attached hydrogens (primary N) is 1. The molecule has 0 amide bonds. The maximum absolute atomic E-state index is 5.64. The van der Waals surface area contributed by atoms with Gasteiger partial charge in [0.25, 0.3) is 0 Å². The van der Waals surface area contributed by atoms with Crippen LogP contribution in [-0.2, 0) is 6.54 Å². The molecule has 0 fully saturated rings. The van der Waals surface area contributed by atoms with Gasteiger partial charge in [-0.15, -0.1) is 0 Å².